The van der Waals surface area contributed by atoms with Gasteiger partial charge in [0.15, 0.2) is 0 Å². The summed E-state index contributed by atoms with van der Waals surface area (Å²) >= 11 is 0. The van der Waals surface area contributed by atoms with Crippen molar-refractivity contribution in [3.8, 4) is 0 Å². The van der Waals surface area contributed by atoms with Crippen LogP contribution in [0.3, 0.4) is 0 Å². The molecule has 0 aliphatic carbocycles. The summed E-state index contributed by atoms with van der Waals surface area (Å²) in [6.45, 7) is 5.88. The lowest BCUT2D eigenvalue weighted by molar-refractivity contribution is 0.602. The Morgan fingerprint density at radius 3 is 2.00 bits per heavy atom. The quantitative estimate of drug-likeness (QED) is 0.385. The summed E-state index contributed by atoms with van der Waals surface area (Å²) in [5.41, 5.74) is 0. The normalized spacial score (nSPS) is 12.0. The third kappa shape index (κ3) is 2.80. The van der Waals surface area contributed by atoms with Crippen molar-refractivity contribution in [2.45, 2.75) is 32.2 Å². The Morgan fingerprint density at radius 2 is 2.00 bits per heavy atom. The van der Waals surface area contributed by atoms with E-state index in [1.807, 2.05) is 20.8 Å². The van der Waals surface area contributed by atoms with Crippen LogP contribution in [-0.4, -0.2) is 9.85 Å². The van der Waals surface area contributed by atoms with Gasteiger partial charge in [-0.1, -0.05) is 27.2 Å². The molecule has 42 valence electrons. The maximum absolute atomic E-state index is 11.8. The highest BCUT2D eigenvalue weighted by molar-refractivity contribution is 6.30. The minimum atomic E-state index is -0.416. The molecule has 0 amide bonds. The van der Waals surface area contributed by atoms with Gasteiger partial charge in [0.25, 0.3) is 0 Å². The molecule has 0 bridgehead atoms. The largest absolute Gasteiger partial charge is 0.314 e. The SMILES string of the molecule is CCC(C)(C)[Si]F. The van der Waals surface area contributed by atoms with Crippen molar-refractivity contribution in [1.29, 1.82) is 0 Å². The molecule has 0 aromatic rings. The minimum absolute atomic E-state index is 0.0556. The summed E-state index contributed by atoms with van der Waals surface area (Å²) in [4.78, 5) is 0. The van der Waals surface area contributed by atoms with E-state index in [1.165, 1.54) is 0 Å². The van der Waals surface area contributed by atoms with E-state index in [-0.39, 0.29) is 5.04 Å². The minimum Gasteiger partial charge on any atom is -0.314 e. The highest BCUT2D eigenvalue weighted by Crippen LogP contribution is 2.26. The predicted octanol–water partition coefficient (Wildman–Crippen LogP) is 2.18. The summed E-state index contributed by atoms with van der Waals surface area (Å²) in [5, 5.41) is -0.0556. The third-order valence-corrected chi connectivity index (χ3v) is 2.00. The van der Waals surface area contributed by atoms with Crippen molar-refractivity contribution in [2.24, 2.45) is 0 Å². The Bertz CT molecular complexity index is 46.0. The van der Waals surface area contributed by atoms with Gasteiger partial charge >= 0.3 is 9.85 Å². The van der Waals surface area contributed by atoms with E-state index in [9.17, 15) is 4.11 Å². The zero-order valence-corrected chi connectivity index (χ0v) is 6.09. The molecule has 0 aromatic heterocycles. The van der Waals surface area contributed by atoms with Crippen molar-refractivity contribution in [2.75, 3.05) is 0 Å². The number of rotatable bonds is 2. The van der Waals surface area contributed by atoms with Crippen LogP contribution < -0.4 is 0 Å². The van der Waals surface area contributed by atoms with Crippen LogP contribution in [0.5, 0.6) is 0 Å². The van der Waals surface area contributed by atoms with Crippen molar-refractivity contribution >= 4 is 9.85 Å². The van der Waals surface area contributed by atoms with Crippen LogP contribution >= 0.6 is 0 Å². The lowest BCUT2D eigenvalue weighted by atomic mass is 10.1. The molecule has 0 aromatic carbocycles. The highest BCUT2D eigenvalue weighted by Gasteiger charge is 2.16. The Balaban J connectivity index is 3.36. The topological polar surface area (TPSA) is 0 Å². The van der Waals surface area contributed by atoms with Gasteiger partial charge in [0.05, 0.1) is 0 Å². The molecule has 0 nitrogen and oxygen atoms in total. The Labute approximate surface area is 47.1 Å². The van der Waals surface area contributed by atoms with Crippen LogP contribution in [0, 0.1) is 0 Å². The molecule has 0 aliphatic rings. The Kier molecular flexibility index (Phi) is 2.50. The maximum Gasteiger partial charge on any atom is 0.300 e. The molecule has 7 heavy (non-hydrogen) atoms. The molecule has 0 unspecified atom stereocenters. The summed E-state index contributed by atoms with van der Waals surface area (Å²) in [6, 6.07) is 0. The standard InChI is InChI=1S/C5H11FSi/c1-4-5(2,3)7-6/h4H2,1-3H3. The molecule has 0 saturated carbocycles. The zero-order chi connectivity index (χ0) is 5.91. The number of halogens is 1. The van der Waals surface area contributed by atoms with Gasteiger partial charge in [-0.2, -0.15) is 0 Å². The molecule has 0 fully saturated rings. The molecule has 0 aliphatic heterocycles. The third-order valence-electron chi connectivity index (χ3n) is 1.14. The van der Waals surface area contributed by atoms with Gasteiger partial charge in [-0.05, 0) is 5.04 Å². The fraction of sp³-hybridized carbons (Fsp3) is 1.00. The first-order valence-electron chi connectivity index (χ1n) is 2.50. The van der Waals surface area contributed by atoms with Gasteiger partial charge in [0, 0.05) is 0 Å². The lowest BCUT2D eigenvalue weighted by Gasteiger charge is -2.13. The second kappa shape index (κ2) is 2.45. The molecule has 2 radical (unpaired) electrons. The second-order valence-corrected chi connectivity index (χ2v) is 3.87. The molecule has 0 spiro atoms. The van der Waals surface area contributed by atoms with Crippen molar-refractivity contribution < 1.29 is 4.11 Å². The van der Waals surface area contributed by atoms with Crippen LogP contribution in [-0.2, 0) is 0 Å². The molecule has 0 N–H and O–H groups in total. The van der Waals surface area contributed by atoms with Crippen molar-refractivity contribution in [3.63, 3.8) is 0 Å². The van der Waals surface area contributed by atoms with E-state index in [0.717, 1.165) is 6.42 Å². The van der Waals surface area contributed by atoms with E-state index in [4.69, 9.17) is 0 Å². The van der Waals surface area contributed by atoms with Gasteiger partial charge < -0.3 is 4.11 Å². The van der Waals surface area contributed by atoms with E-state index >= 15 is 0 Å². The first kappa shape index (κ1) is 7.15. The predicted molar refractivity (Wildman–Crippen MR) is 31.2 cm³/mol. The molecular weight excluding hydrogens is 107 g/mol. The fourth-order valence-corrected chi connectivity index (χ4v) is 0.200. The van der Waals surface area contributed by atoms with Crippen LogP contribution in [0.15, 0.2) is 0 Å². The van der Waals surface area contributed by atoms with Crippen LogP contribution in [0.2, 0.25) is 5.04 Å². The summed E-state index contributed by atoms with van der Waals surface area (Å²) < 4.78 is 11.8. The summed E-state index contributed by atoms with van der Waals surface area (Å²) in [7, 11) is -0.416. The van der Waals surface area contributed by atoms with Gasteiger partial charge in [-0.25, -0.2) is 0 Å². The second-order valence-electron chi connectivity index (χ2n) is 2.33. The lowest BCUT2D eigenvalue weighted by Crippen LogP contribution is -2.05. The van der Waals surface area contributed by atoms with Crippen molar-refractivity contribution in [3.05, 3.63) is 0 Å². The van der Waals surface area contributed by atoms with Crippen LogP contribution in [0.25, 0.3) is 0 Å². The first-order chi connectivity index (χ1) is 3.12. The smallest absolute Gasteiger partial charge is 0.300 e. The molecule has 0 saturated heterocycles. The Morgan fingerprint density at radius 1 is 1.57 bits per heavy atom. The molecule has 0 rings (SSSR count). The highest BCUT2D eigenvalue weighted by atomic mass is 28.3. The molecular formula is C5H11FSi. The molecule has 0 heterocycles. The summed E-state index contributed by atoms with van der Waals surface area (Å²) in [5.74, 6) is 0. The number of hydrogen-bond acceptors (Lipinski definition) is 0. The molecule has 2 heteroatoms. The number of hydrogen-bond donors (Lipinski definition) is 0. The van der Waals surface area contributed by atoms with Crippen LogP contribution in [0.4, 0.5) is 4.11 Å². The summed E-state index contributed by atoms with van der Waals surface area (Å²) in [6.07, 6.45) is 0.932. The van der Waals surface area contributed by atoms with Gasteiger partial charge in [0.2, 0.25) is 0 Å². The molecule has 0 atom stereocenters. The van der Waals surface area contributed by atoms with E-state index in [2.05, 4.69) is 0 Å². The maximum atomic E-state index is 11.8. The van der Waals surface area contributed by atoms with E-state index in [1.54, 1.807) is 0 Å². The van der Waals surface area contributed by atoms with Crippen molar-refractivity contribution in [1.82, 2.24) is 0 Å². The van der Waals surface area contributed by atoms with E-state index < -0.39 is 9.85 Å². The average molecular weight is 118 g/mol. The van der Waals surface area contributed by atoms with Gasteiger partial charge in [-0.3, -0.25) is 0 Å². The van der Waals surface area contributed by atoms with Gasteiger partial charge in [-0.15, -0.1) is 0 Å². The zero-order valence-electron chi connectivity index (χ0n) is 5.09. The monoisotopic (exact) mass is 118 g/mol. The van der Waals surface area contributed by atoms with E-state index in [0.29, 0.717) is 0 Å². The average Bonchev–Trinajstić information content (AvgIpc) is 1.68. The van der Waals surface area contributed by atoms with Crippen LogP contribution in [0.1, 0.15) is 27.2 Å². The van der Waals surface area contributed by atoms with Gasteiger partial charge in [0.1, 0.15) is 0 Å². The fourth-order valence-electron chi connectivity index (χ4n) is 0.0668. The first-order valence-corrected chi connectivity index (χ1v) is 3.38. The Hall–Kier alpha value is 0.147.